The highest BCUT2D eigenvalue weighted by Gasteiger charge is 2.46. The fraction of sp³-hybridized carbons (Fsp3) is 0.600. The summed E-state index contributed by atoms with van der Waals surface area (Å²) < 4.78 is 17.3. The average Bonchev–Trinajstić information content (AvgIpc) is 3.05. The number of urea groups is 2. The summed E-state index contributed by atoms with van der Waals surface area (Å²) in [6.45, 7) is 4.19. The van der Waals surface area contributed by atoms with Gasteiger partial charge in [0.25, 0.3) is 0 Å². The lowest BCUT2D eigenvalue weighted by atomic mass is 9.95. The van der Waals surface area contributed by atoms with Crippen LogP contribution in [-0.4, -0.2) is 127 Å². The van der Waals surface area contributed by atoms with Gasteiger partial charge in [-0.25, -0.2) is 14.6 Å². The fourth-order valence-corrected chi connectivity index (χ4v) is 5.21. The van der Waals surface area contributed by atoms with E-state index < -0.39 is 67.1 Å². The lowest BCUT2D eigenvalue weighted by Crippen LogP contribution is -2.68. The van der Waals surface area contributed by atoms with Crippen LogP contribution >= 0.6 is 12.4 Å². The number of aliphatic imine (C=N–C) groups is 1. The molecule has 1 aromatic rings. The zero-order valence-corrected chi connectivity index (χ0v) is 28.6. The molecule has 5 amide bonds. The van der Waals surface area contributed by atoms with Crippen LogP contribution in [0.2, 0.25) is 0 Å². The number of primary amides is 1. The Labute approximate surface area is 296 Å². The molecular formula is C30H51ClN10O9. The summed E-state index contributed by atoms with van der Waals surface area (Å²) in [6, 6.07) is 1.35. The number of carbonyl (C=O) groups excluding carboxylic acids is 3. The number of hydrogen-bond donors (Lipinski definition) is 12. The molecule has 0 unspecified atom stereocenters. The Morgan fingerprint density at radius 1 is 0.960 bits per heavy atom. The quantitative estimate of drug-likeness (QED) is 0.0347. The maximum Gasteiger partial charge on any atom is 0.317 e. The molecule has 3 rings (SSSR count). The van der Waals surface area contributed by atoms with Crippen LogP contribution in [0, 0.1) is 0 Å². The average molecular weight is 731 g/mol. The van der Waals surface area contributed by atoms with Crippen LogP contribution in [-0.2, 0) is 14.3 Å². The van der Waals surface area contributed by atoms with E-state index in [1.165, 1.54) is 6.08 Å². The molecule has 0 radical (unpaired) electrons. The molecule has 2 heterocycles. The Hall–Kier alpha value is -3.95. The number of benzene rings is 1. The van der Waals surface area contributed by atoms with Gasteiger partial charge in [0, 0.05) is 12.6 Å². The number of ether oxygens (including phenoxy) is 3. The van der Waals surface area contributed by atoms with Crippen LogP contribution in [0.4, 0.5) is 9.59 Å². The predicted molar refractivity (Wildman–Crippen MR) is 186 cm³/mol. The second kappa shape index (κ2) is 21.3. The van der Waals surface area contributed by atoms with Crippen molar-refractivity contribution in [1.29, 1.82) is 0 Å². The van der Waals surface area contributed by atoms with E-state index in [4.69, 9.17) is 37.1 Å². The van der Waals surface area contributed by atoms with E-state index in [2.05, 4.69) is 31.6 Å². The van der Waals surface area contributed by atoms with Crippen LogP contribution in [0.15, 0.2) is 35.3 Å². The van der Waals surface area contributed by atoms with Gasteiger partial charge in [0.05, 0.1) is 18.8 Å². The third kappa shape index (κ3) is 13.4. The smallest absolute Gasteiger partial charge is 0.317 e. The summed E-state index contributed by atoms with van der Waals surface area (Å²) in [6.07, 6.45) is -1.59. The molecule has 20 heteroatoms. The number of nitrogens with zero attached hydrogens (tertiary/aromatic N) is 1. The molecule has 2 saturated heterocycles. The van der Waals surface area contributed by atoms with Crippen molar-refractivity contribution in [1.82, 2.24) is 26.6 Å². The summed E-state index contributed by atoms with van der Waals surface area (Å²) in [5.74, 6) is -0.225. The van der Waals surface area contributed by atoms with Crippen LogP contribution in [0.25, 0.3) is 6.08 Å². The molecule has 50 heavy (non-hydrogen) atoms. The van der Waals surface area contributed by atoms with E-state index in [9.17, 15) is 29.7 Å². The van der Waals surface area contributed by atoms with Crippen molar-refractivity contribution >= 4 is 42.4 Å². The van der Waals surface area contributed by atoms with Crippen LogP contribution in [0.1, 0.15) is 31.7 Å². The fourth-order valence-electron chi connectivity index (χ4n) is 5.21. The van der Waals surface area contributed by atoms with Gasteiger partial charge in [0.15, 0.2) is 12.2 Å². The Morgan fingerprint density at radius 2 is 1.66 bits per heavy atom. The molecular weight excluding hydrogens is 680 g/mol. The van der Waals surface area contributed by atoms with Gasteiger partial charge in [-0.2, -0.15) is 0 Å². The molecule has 0 bridgehead atoms. The summed E-state index contributed by atoms with van der Waals surface area (Å²) in [5.41, 5.74) is 22.6. The molecule has 16 N–H and O–H groups in total. The normalized spacial score (nSPS) is 27.7. The van der Waals surface area contributed by atoms with Crippen molar-refractivity contribution in [3.63, 3.8) is 0 Å². The third-order valence-corrected chi connectivity index (χ3v) is 7.76. The number of unbranched alkanes of at least 4 members (excludes halogenated alkanes) is 1. The van der Waals surface area contributed by atoms with Gasteiger partial charge in [-0.05, 0) is 69.6 Å². The molecule has 0 saturated carbocycles. The van der Waals surface area contributed by atoms with Gasteiger partial charge in [0.2, 0.25) is 12.2 Å². The Kier molecular flexibility index (Phi) is 18.0. The number of hydrogen-bond acceptors (Lipinski definition) is 12. The van der Waals surface area contributed by atoms with Gasteiger partial charge >= 0.3 is 12.1 Å². The molecule has 2 fully saturated rings. The van der Waals surface area contributed by atoms with Crippen LogP contribution < -0.4 is 54.3 Å². The van der Waals surface area contributed by atoms with Crippen molar-refractivity contribution in [3.8, 4) is 5.75 Å². The largest absolute Gasteiger partial charge is 0.462 e. The minimum Gasteiger partial charge on any atom is -0.462 e. The number of carbonyl (C=O) groups is 3. The van der Waals surface area contributed by atoms with E-state index >= 15 is 0 Å². The van der Waals surface area contributed by atoms with Crippen molar-refractivity contribution in [2.45, 2.75) is 81.2 Å². The van der Waals surface area contributed by atoms with E-state index in [1.807, 2.05) is 0 Å². The molecule has 2 aliphatic heterocycles. The second-order valence-electron chi connectivity index (χ2n) is 11.6. The molecule has 2 aliphatic rings. The van der Waals surface area contributed by atoms with Crippen molar-refractivity contribution < 1.29 is 43.9 Å². The highest BCUT2D eigenvalue weighted by Crippen LogP contribution is 2.27. The van der Waals surface area contributed by atoms with Crippen molar-refractivity contribution in [2.75, 3.05) is 32.8 Å². The van der Waals surface area contributed by atoms with Crippen molar-refractivity contribution in [3.05, 3.63) is 35.9 Å². The van der Waals surface area contributed by atoms with E-state index in [1.54, 1.807) is 37.3 Å². The third-order valence-electron chi connectivity index (χ3n) is 7.76. The van der Waals surface area contributed by atoms with Gasteiger partial charge in [-0.15, -0.1) is 12.4 Å². The van der Waals surface area contributed by atoms with E-state index in [-0.39, 0.29) is 30.9 Å². The monoisotopic (exact) mass is 730 g/mol. The SMILES string of the molecule is C[C@H]1O[C@H](Oc2ccc(/C=C/C(=O)NCCCNCCCCN)cc2)[C@H](N=C(N)N)[C@@H](O)[C@@H]1NC(=O)N[C@@H]1OC[C@@H](O)[C@H](O)[C@H]1NC(N)=O.Cl. The molecule has 0 aromatic heterocycles. The van der Waals surface area contributed by atoms with Crippen LogP contribution in [0.3, 0.4) is 0 Å². The van der Waals surface area contributed by atoms with Gasteiger partial charge in [-0.3, -0.25) is 4.79 Å². The molecule has 282 valence electrons. The first-order valence-corrected chi connectivity index (χ1v) is 16.1. The zero-order valence-electron chi connectivity index (χ0n) is 27.8. The maximum atomic E-state index is 12.9. The number of nitrogens with two attached hydrogens (primary N) is 4. The lowest BCUT2D eigenvalue weighted by Gasteiger charge is -2.42. The Morgan fingerprint density at radius 3 is 2.32 bits per heavy atom. The van der Waals surface area contributed by atoms with Crippen molar-refractivity contribution in [2.24, 2.45) is 27.9 Å². The summed E-state index contributed by atoms with van der Waals surface area (Å²) >= 11 is 0. The summed E-state index contributed by atoms with van der Waals surface area (Å²) in [7, 11) is 0. The van der Waals surface area contributed by atoms with Gasteiger partial charge in [0.1, 0.15) is 36.1 Å². The first-order chi connectivity index (χ1) is 23.4. The molecule has 1 aromatic carbocycles. The van der Waals surface area contributed by atoms with E-state index in [0.717, 1.165) is 37.9 Å². The minimum atomic E-state index is -1.48. The predicted octanol–water partition coefficient (Wildman–Crippen LogP) is -3.13. The molecule has 0 aliphatic carbocycles. The van der Waals surface area contributed by atoms with Crippen LogP contribution in [0.5, 0.6) is 5.75 Å². The first kappa shape index (κ1) is 42.2. The molecule has 9 atom stereocenters. The number of guanidine groups is 1. The highest BCUT2D eigenvalue weighted by atomic mass is 35.5. The molecule has 19 nitrogen and oxygen atoms in total. The number of amides is 5. The molecule has 0 spiro atoms. The summed E-state index contributed by atoms with van der Waals surface area (Å²) in [4.78, 5) is 40.6. The van der Waals surface area contributed by atoms with E-state index in [0.29, 0.717) is 18.8 Å². The lowest BCUT2D eigenvalue weighted by molar-refractivity contribution is -0.193. The number of nitrogens with one attached hydrogen (secondary N) is 5. The van der Waals surface area contributed by atoms with Gasteiger partial charge in [-0.1, -0.05) is 12.1 Å². The number of rotatable bonds is 16. The topological polar surface area (TPSA) is 316 Å². The summed E-state index contributed by atoms with van der Waals surface area (Å²) in [5, 5.41) is 44.8. The highest BCUT2D eigenvalue weighted by molar-refractivity contribution is 5.91. The van der Waals surface area contributed by atoms with Gasteiger partial charge < -0.3 is 79.0 Å². The zero-order chi connectivity index (χ0) is 35.9. The minimum absolute atomic E-state index is 0. The number of halogens is 1. The Bertz CT molecular complexity index is 1270. The number of aliphatic hydroxyl groups excluding tert-OH is 3. The maximum absolute atomic E-state index is 12.9. The second-order valence-corrected chi connectivity index (χ2v) is 11.6. The first-order valence-electron chi connectivity index (χ1n) is 16.1. The Balaban J connectivity index is 0.00000867. The number of aliphatic hydroxyl groups is 3. The standard InChI is InChI=1S/C30H50N10O9.ClH/c1-16-21(39-30(46)40-26-22(38-29(34)45)24(43)19(41)15-47-26)25(44)23(37-28(32)33)27(48-16)49-18-8-5-17(6-9-18)7-10-20(42)36-14-4-13-35-12-3-2-11-31;/h5-10,16,19,21-27,35,41,43-44H,2-4,11-15,31H2,1H3,(H,36,42)(H4,32,33,37)(H3,34,38,45)(H2,39,40,46);1H/b10-7+;/t16-,19-,21-,22-,23-,24+,25+,26-,27-;/m1./s1.